The molecule has 1 rings (SSSR count). The number of hydrogen-bond donors (Lipinski definition) is 2. The number of amides is 1. The van der Waals surface area contributed by atoms with Gasteiger partial charge in [0.25, 0.3) is 0 Å². The highest BCUT2D eigenvalue weighted by atomic mass is 16.3. The lowest BCUT2D eigenvalue weighted by atomic mass is 10.4. The van der Waals surface area contributed by atoms with Crippen LogP contribution in [0.4, 0.5) is 0 Å². The van der Waals surface area contributed by atoms with Crippen molar-refractivity contribution >= 4 is 11.7 Å². The van der Waals surface area contributed by atoms with E-state index in [0.29, 0.717) is 12.3 Å². The Morgan fingerprint density at radius 2 is 2.56 bits per heavy atom. The monoisotopic (exact) mass is 128 g/mol. The molecule has 1 aliphatic heterocycles. The van der Waals surface area contributed by atoms with Gasteiger partial charge in [0.05, 0.1) is 6.61 Å². The molecule has 0 bridgehead atoms. The Hall–Kier alpha value is -0.900. The zero-order valence-corrected chi connectivity index (χ0v) is 4.92. The molecule has 0 saturated heterocycles. The maximum absolute atomic E-state index is 10.4. The number of aliphatic imine (C=N–C) groups is 1. The van der Waals surface area contributed by atoms with Crippen molar-refractivity contribution in [2.45, 2.75) is 6.42 Å². The van der Waals surface area contributed by atoms with Crippen LogP contribution in [0.15, 0.2) is 4.99 Å². The summed E-state index contributed by atoms with van der Waals surface area (Å²) in [5.74, 6) is 0.515. The number of nitrogens with one attached hydrogen (secondary N) is 1. The lowest BCUT2D eigenvalue weighted by Gasteiger charge is -1.94. The zero-order valence-electron chi connectivity index (χ0n) is 4.92. The minimum atomic E-state index is -0.0848. The molecule has 2 N–H and O–H groups in total. The summed E-state index contributed by atoms with van der Waals surface area (Å²) < 4.78 is 0. The van der Waals surface area contributed by atoms with Crippen molar-refractivity contribution in [2.24, 2.45) is 4.99 Å². The van der Waals surface area contributed by atoms with E-state index in [2.05, 4.69) is 10.3 Å². The number of nitrogens with zero attached hydrogens (tertiary/aromatic N) is 1. The molecule has 0 saturated carbocycles. The van der Waals surface area contributed by atoms with Gasteiger partial charge in [-0.2, -0.15) is 0 Å². The third-order valence-corrected chi connectivity index (χ3v) is 1.05. The van der Waals surface area contributed by atoms with Crippen molar-refractivity contribution in [1.82, 2.24) is 5.32 Å². The fourth-order valence-corrected chi connectivity index (χ4v) is 0.655. The summed E-state index contributed by atoms with van der Waals surface area (Å²) in [6, 6.07) is 0. The highest BCUT2D eigenvalue weighted by Gasteiger charge is 2.10. The number of rotatable bonds is 2. The summed E-state index contributed by atoms with van der Waals surface area (Å²) in [4.78, 5) is 14.2. The normalized spacial score (nSPS) is 17.4. The van der Waals surface area contributed by atoms with Crippen LogP contribution in [-0.4, -0.2) is 30.0 Å². The molecule has 0 radical (unpaired) electrons. The average Bonchev–Trinajstić information content (AvgIpc) is 2.17. The molecule has 1 aliphatic rings. The fraction of sp³-hybridized carbons (Fsp3) is 0.600. The molecule has 1 heterocycles. The molecular weight excluding hydrogens is 120 g/mol. The van der Waals surface area contributed by atoms with Gasteiger partial charge in [0.1, 0.15) is 12.4 Å². The Morgan fingerprint density at radius 3 is 3.00 bits per heavy atom. The van der Waals surface area contributed by atoms with Gasteiger partial charge in [-0.3, -0.25) is 9.79 Å². The van der Waals surface area contributed by atoms with E-state index in [1.807, 2.05) is 0 Å². The van der Waals surface area contributed by atoms with Gasteiger partial charge in [-0.1, -0.05) is 0 Å². The van der Waals surface area contributed by atoms with Crippen LogP contribution in [0.3, 0.4) is 0 Å². The second kappa shape index (κ2) is 2.59. The minimum Gasteiger partial charge on any atom is -0.396 e. The highest BCUT2D eigenvalue weighted by molar-refractivity contribution is 6.03. The van der Waals surface area contributed by atoms with E-state index < -0.39 is 0 Å². The summed E-state index contributed by atoms with van der Waals surface area (Å²) in [6.45, 7) is 0.258. The van der Waals surface area contributed by atoms with Crippen molar-refractivity contribution in [3.63, 3.8) is 0 Å². The van der Waals surface area contributed by atoms with Crippen LogP contribution in [0, 0.1) is 0 Å². The van der Waals surface area contributed by atoms with Crippen LogP contribution in [0.5, 0.6) is 0 Å². The first-order valence-corrected chi connectivity index (χ1v) is 2.77. The van der Waals surface area contributed by atoms with E-state index in [0.717, 1.165) is 0 Å². The molecule has 0 atom stereocenters. The van der Waals surface area contributed by atoms with Gasteiger partial charge in [-0.05, 0) is 0 Å². The quantitative estimate of drug-likeness (QED) is 0.495. The molecule has 0 fully saturated rings. The second-order valence-electron chi connectivity index (χ2n) is 1.78. The van der Waals surface area contributed by atoms with E-state index in [-0.39, 0.29) is 19.1 Å². The van der Waals surface area contributed by atoms with Crippen molar-refractivity contribution in [3.8, 4) is 0 Å². The lowest BCUT2D eigenvalue weighted by Crippen LogP contribution is -2.24. The minimum absolute atomic E-state index is 0.0408. The van der Waals surface area contributed by atoms with Crippen molar-refractivity contribution in [3.05, 3.63) is 0 Å². The molecule has 1 amide bonds. The third kappa shape index (κ3) is 1.50. The van der Waals surface area contributed by atoms with Crippen molar-refractivity contribution in [1.29, 1.82) is 0 Å². The van der Waals surface area contributed by atoms with E-state index in [9.17, 15) is 4.79 Å². The fourth-order valence-electron chi connectivity index (χ4n) is 0.655. The molecule has 0 unspecified atom stereocenters. The van der Waals surface area contributed by atoms with Gasteiger partial charge in [-0.25, -0.2) is 0 Å². The average molecular weight is 128 g/mol. The number of carbonyl (C=O) groups excluding carboxylic acids is 1. The standard InChI is InChI=1S/C5H8N2O2/c8-2-1-4-6-3-5(9)7-4/h8H,1-3H2,(H,6,7,9). The van der Waals surface area contributed by atoms with E-state index in [4.69, 9.17) is 5.11 Å². The largest absolute Gasteiger partial charge is 0.396 e. The van der Waals surface area contributed by atoms with Crippen molar-refractivity contribution in [2.75, 3.05) is 13.2 Å². The van der Waals surface area contributed by atoms with Crippen LogP contribution in [-0.2, 0) is 4.79 Å². The maximum atomic E-state index is 10.4. The topological polar surface area (TPSA) is 61.7 Å². The summed E-state index contributed by atoms with van der Waals surface area (Å²) in [7, 11) is 0. The Kier molecular flexibility index (Phi) is 1.79. The lowest BCUT2D eigenvalue weighted by molar-refractivity contribution is -0.117. The van der Waals surface area contributed by atoms with Gasteiger partial charge in [0.2, 0.25) is 5.91 Å². The second-order valence-corrected chi connectivity index (χ2v) is 1.78. The summed E-state index contributed by atoms with van der Waals surface area (Å²) in [5.41, 5.74) is 0. The number of carbonyl (C=O) groups is 1. The number of aliphatic hydroxyl groups excluding tert-OH is 1. The molecule has 0 aliphatic carbocycles. The predicted molar refractivity (Wildman–Crippen MR) is 32.1 cm³/mol. The number of amidine groups is 1. The van der Waals surface area contributed by atoms with Crippen LogP contribution in [0.25, 0.3) is 0 Å². The predicted octanol–water partition coefficient (Wildman–Crippen LogP) is -1.10. The van der Waals surface area contributed by atoms with Gasteiger partial charge in [0.15, 0.2) is 0 Å². The van der Waals surface area contributed by atoms with Crippen LogP contribution >= 0.6 is 0 Å². The first-order chi connectivity index (χ1) is 4.33. The van der Waals surface area contributed by atoms with Gasteiger partial charge < -0.3 is 10.4 Å². The number of aliphatic hydroxyl groups is 1. The molecule has 0 aromatic carbocycles. The Labute approximate surface area is 52.6 Å². The third-order valence-electron chi connectivity index (χ3n) is 1.05. The Morgan fingerprint density at radius 1 is 1.78 bits per heavy atom. The smallest absolute Gasteiger partial charge is 0.246 e. The molecule has 0 spiro atoms. The zero-order chi connectivity index (χ0) is 6.69. The summed E-state index contributed by atoms with van der Waals surface area (Å²) in [6.07, 6.45) is 0.450. The first kappa shape index (κ1) is 6.22. The van der Waals surface area contributed by atoms with Crippen molar-refractivity contribution < 1.29 is 9.90 Å². The molecular formula is C5H8N2O2. The number of hydrogen-bond acceptors (Lipinski definition) is 3. The van der Waals surface area contributed by atoms with Gasteiger partial charge in [0, 0.05) is 6.42 Å². The van der Waals surface area contributed by atoms with E-state index in [1.54, 1.807) is 0 Å². The Balaban J connectivity index is 2.36. The highest BCUT2D eigenvalue weighted by Crippen LogP contribution is 1.90. The van der Waals surface area contributed by atoms with E-state index >= 15 is 0 Å². The summed E-state index contributed by atoms with van der Waals surface area (Å²) in [5, 5.41) is 10.9. The van der Waals surface area contributed by atoms with Crippen LogP contribution < -0.4 is 5.32 Å². The molecule has 4 heteroatoms. The first-order valence-electron chi connectivity index (χ1n) is 2.77. The van der Waals surface area contributed by atoms with Crippen LogP contribution in [0.1, 0.15) is 6.42 Å². The molecule has 0 aromatic rings. The Bertz CT molecular complexity index is 153. The molecule has 9 heavy (non-hydrogen) atoms. The van der Waals surface area contributed by atoms with Gasteiger partial charge in [-0.15, -0.1) is 0 Å². The summed E-state index contributed by atoms with van der Waals surface area (Å²) >= 11 is 0. The SMILES string of the molecule is O=C1CN=C(CCO)N1. The maximum Gasteiger partial charge on any atom is 0.246 e. The molecule has 4 nitrogen and oxygen atoms in total. The van der Waals surface area contributed by atoms with Crippen LogP contribution in [0.2, 0.25) is 0 Å². The molecule has 0 aromatic heterocycles. The van der Waals surface area contributed by atoms with Gasteiger partial charge >= 0.3 is 0 Å². The van der Waals surface area contributed by atoms with E-state index in [1.165, 1.54) is 0 Å². The molecule has 50 valence electrons.